The molecule has 0 nitrogen and oxygen atoms in total. The van der Waals surface area contributed by atoms with Gasteiger partial charge in [0.05, 0.1) is 0 Å². The highest BCUT2D eigenvalue weighted by Gasteiger charge is 2.15. The Hall–Kier alpha value is -1.21. The van der Waals surface area contributed by atoms with Crippen LogP contribution in [0.5, 0.6) is 0 Å². The van der Waals surface area contributed by atoms with Crippen molar-refractivity contribution in [3.8, 4) is 11.1 Å². The van der Waals surface area contributed by atoms with Gasteiger partial charge in [0, 0.05) is 4.90 Å². The summed E-state index contributed by atoms with van der Waals surface area (Å²) in [5, 5.41) is 0. The van der Waals surface area contributed by atoms with Crippen molar-refractivity contribution >= 4 is 12.6 Å². The maximum Gasteiger partial charge on any atom is 0.0156 e. The van der Waals surface area contributed by atoms with Gasteiger partial charge >= 0.3 is 0 Å². The van der Waals surface area contributed by atoms with Crippen LogP contribution < -0.4 is 0 Å². The zero-order valence-corrected chi connectivity index (χ0v) is 13.1. The van der Waals surface area contributed by atoms with E-state index in [9.17, 15) is 0 Å². The fourth-order valence-electron chi connectivity index (χ4n) is 2.72. The summed E-state index contributed by atoms with van der Waals surface area (Å²) in [5.74, 6) is 0. The molecule has 0 aromatic heterocycles. The third kappa shape index (κ3) is 2.57. The van der Waals surface area contributed by atoms with E-state index in [-0.39, 0.29) is 0 Å². The second kappa shape index (κ2) is 5.83. The van der Waals surface area contributed by atoms with Gasteiger partial charge in [0.15, 0.2) is 0 Å². The van der Waals surface area contributed by atoms with Crippen LogP contribution in [0.25, 0.3) is 11.1 Å². The highest BCUT2D eigenvalue weighted by Crippen LogP contribution is 2.37. The summed E-state index contributed by atoms with van der Waals surface area (Å²) >= 11 is 4.84. The molecule has 2 rings (SSSR count). The van der Waals surface area contributed by atoms with Crippen LogP contribution in [-0.2, 0) is 6.42 Å². The molecule has 0 radical (unpaired) electrons. The Bertz CT molecular complexity index is 583. The molecule has 100 valence electrons. The predicted molar refractivity (Wildman–Crippen MR) is 87.3 cm³/mol. The van der Waals surface area contributed by atoms with Crippen LogP contribution >= 0.6 is 12.6 Å². The molecule has 0 saturated heterocycles. The second-order valence-corrected chi connectivity index (χ2v) is 5.64. The van der Waals surface area contributed by atoms with Crippen molar-refractivity contribution in [2.45, 2.75) is 45.4 Å². The second-order valence-electron chi connectivity index (χ2n) is 5.19. The Morgan fingerprint density at radius 2 is 1.53 bits per heavy atom. The fraction of sp³-hybridized carbons (Fsp3) is 0.333. The smallest absolute Gasteiger partial charge is 0.0156 e. The van der Waals surface area contributed by atoms with Crippen molar-refractivity contribution in [3.63, 3.8) is 0 Å². The highest BCUT2D eigenvalue weighted by molar-refractivity contribution is 7.80. The molecule has 0 aliphatic carbocycles. The van der Waals surface area contributed by atoms with Crippen molar-refractivity contribution in [2.24, 2.45) is 0 Å². The van der Waals surface area contributed by atoms with E-state index in [1.807, 2.05) is 0 Å². The van der Waals surface area contributed by atoms with Crippen LogP contribution in [0, 0.1) is 20.8 Å². The van der Waals surface area contributed by atoms with Crippen LogP contribution in [0.15, 0.2) is 35.2 Å². The molecule has 0 heterocycles. The molecule has 0 saturated carbocycles. The summed E-state index contributed by atoms with van der Waals surface area (Å²) in [6, 6.07) is 10.6. The molecule has 19 heavy (non-hydrogen) atoms. The number of thiol groups is 1. The molecular weight excluding hydrogens is 248 g/mol. The minimum Gasteiger partial charge on any atom is -0.142 e. The van der Waals surface area contributed by atoms with Crippen LogP contribution in [0.1, 0.15) is 35.6 Å². The Morgan fingerprint density at radius 1 is 0.895 bits per heavy atom. The van der Waals surface area contributed by atoms with E-state index in [0.29, 0.717) is 0 Å². The van der Waals surface area contributed by atoms with Gasteiger partial charge < -0.3 is 0 Å². The van der Waals surface area contributed by atoms with Crippen LogP contribution in [-0.4, -0.2) is 0 Å². The molecule has 0 N–H and O–H groups in total. The molecule has 0 aliphatic heterocycles. The lowest BCUT2D eigenvalue weighted by Gasteiger charge is -2.20. The van der Waals surface area contributed by atoms with E-state index in [1.165, 1.54) is 33.4 Å². The molecule has 1 heteroatoms. The molecule has 0 bridgehead atoms. The minimum absolute atomic E-state index is 1.10. The zero-order valence-electron chi connectivity index (χ0n) is 12.2. The molecule has 0 fully saturated rings. The predicted octanol–water partition coefficient (Wildman–Crippen LogP) is 5.52. The van der Waals surface area contributed by atoms with E-state index in [0.717, 1.165) is 17.7 Å². The van der Waals surface area contributed by atoms with Gasteiger partial charge in [-0.2, -0.15) is 0 Å². The maximum absolute atomic E-state index is 4.84. The van der Waals surface area contributed by atoms with E-state index in [2.05, 4.69) is 58.0 Å². The molecule has 0 unspecified atom stereocenters. The third-order valence-corrected chi connectivity index (χ3v) is 4.53. The van der Waals surface area contributed by atoms with Crippen molar-refractivity contribution < 1.29 is 0 Å². The Labute approximate surface area is 122 Å². The van der Waals surface area contributed by atoms with Crippen LogP contribution in [0.2, 0.25) is 0 Å². The standard InChI is InChI=1S/C18H22S/c1-5-9-16-13(3)12(2)14(4)17(18(16)19)15-10-7-6-8-11-15/h6-8,10-11,19H,5,9H2,1-4H3. The van der Waals surface area contributed by atoms with Crippen molar-refractivity contribution in [1.29, 1.82) is 0 Å². The Kier molecular flexibility index (Phi) is 4.36. The summed E-state index contributed by atoms with van der Waals surface area (Å²) < 4.78 is 0. The summed E-state index contributed by atoms with van der Waals surface area (Å²) in [4.78, 5) is 1.16. The number of hydrogen-bond acceptors (Lipinski definition) is 1. The molecule has 0 spiro atoms. The van der Waals surface area contributed by atoms with Crippen molar-refractivity contribution in [2.75, 3.05) is 0 Å². The highest BCUT2D eigenvalue weighted by atomic mass is 32.1. The summed E-state index contributed by atoms with van der Waals surface area (Å²) in [5.41, 5.74) is 8.14. The largest absolute Gasteiger partial charge is 0.142 e. The van der Waals surface area contributed by atoms with Gasteiger partial charge in [-0.15, -0.1) is 12.6 Å². The lowest BCUT2D eigenvalue weighted by Crippen LogP contribution is -2.01. The molecular formula is C18H22S. The average Bonchev–Trinajstić information content (AvgIpc) is 2.43. The Morgan fingerprint density at radius 3 is 2.11 bits per heavy atom. The van der Waals surface area contributed by atoms with E-state index in [1.54, 1.807) is 0 Å². The van der Waals surface area contributed by atoms with Crippen molar-refractivity contribution in [3.05, 3.63) is 52.6 Å². The van der Waals surface area contributed by atoms with E-state index in [4.69, 9.17) is 12.6 Å². The first-order valence-corrected chi connectivity index (χ1v) is 7.39. The van der Waals surface area contributed by atoms with Gasteiger partial charge in [-0.3, -0.25) is 0 Å². The van der Waals surface area contributed by atoms with Gasteiger partial charge in [0.2, 0.25) is 0 Å². The molecule has 0 amide bonds. The van der Waals surface area contributed by atoms with E-state index >= 15 is 0 Å². The topological polar surface area (TPSA) is 0 Å². The average molecular weight is 270 g/mol. The lowest BCUT2D eigenvalue weighted by atomic mass is 9.89. The maximum atomic E-state index is 4.84. The normalized spacial score (nSPS) is 10.8. The summed E-state index contributed by atoms with van der Waals surface area (Å²) in [7, 11) is 0. The van der Waals surface area contributed by atoms with Crippen molar-refractivity contribution in [1.82, 2.24) is 0 Å². The minimum atomic E-state index is 1.10. The first-order valence-electron chi connectivity index (χ1n) is 6.94. The van der Waals surface area contributed by atoms with Crippen LogP contribution in [0.3, 0.4) is 0 Å². The fourth-order valence-corrected chi connectivity index (χ4v) is 3.29. The van der Waals surface area contributed by atoms with Crippen LogP contribution in [0.4, 0.5) is 0 Å². The Balaban J connectivity index is 2.74. The van der Waals surface area contributed by atoms with Gasteiger partial charge in [0.25, 0.3) is 0 Å². The van der Waals surface area contributed by atoms with Gasteiger partial charge in [-0.05, 0) is 60.6 Å². The summed E-state index contributed by atoms with van der Waals surface area (Å²) in [6.45, 7) is 8.88. The first kappa shape index (κ1) is 14.2. The molecule has 0 aliphatic rings. The van der Waals surface area contributed by atoms with Gasteiger partial charge in [-0.1, -0.05) is 43.7 Å². The van der Waals surface area contributed by atoms with Gasteiger partial charge in [-0.25, -0.2) is 0 Å². The molecule has 0 atom stereocenters. The monoisotopic (exact) mass is 270 g/mol. The zero-order chi connectivity index (χ0) is 14.0. The third-order valence-electron chi connectivity index (χ3n) is 4.04. The van der Waals surface area contributed by atoms with Gasteiger partial charge in [0.1, 0.15) is 0 Å². The summed E-state index contributed by atoms with van der Waals surface area (Å²) in [6.07, 6.45) is 2.26. The number of hydrogen-bond donors (Lipinski definition) is 1. The first-order chi connectivity index (χ1) is 9.07. The SMILES string of the molecule is CCCc1c(C)c(C)c(C)c(-c2ccccc2)c1S. The molecule has 2 aromatic carbocycles. The van der Waals surface area contributed by atoms with E-state index < -0.39 is 0 Å². The number of rotatable bonds is 3. The quantitative estimate of drug-likeness (QED) is 0.697. The lowest BCUT2D eigenvalue weighted by molar-refractivity contribution is 0.886. The number of benzene rings is 2. The molecule has 2 aromatic rings.